The molecule has 4 nitrogen and oxygen atoms in total. The van der Waals surface area contributed by atoms with Crippen molar-refractivity contribution >= 4 is 0 Å². The number of piperidine rings is 1. The lowest BCUT2D eigenvalue weighted by molar-refractivity contribution is 0.160. The van der Waals surface area contributed by atoms with Gasteiger partial charge in [-0.2, -0.15) is 0 Å². The Labute approximate surface area is 77.4 Å². The summed E-state index contributed by atoms with van der Waals surface area (Å²) in [6.07, 6.45) is 5.75. The summed E-state index contributed by atoms with van der Waals surface area (Å²) >= 11 is 0. The Balaban J connectivity index is 1.90. The van der Waals surface area contributed by atoms with Gasteiger partial charge < -0.3 is 10.1 Å². The van der Waals surface area contributed by atoms with Crippen LogP contribution in [0, 0.1) is 0 Å². The lowest BCUT2D eigenvalue weighted by Crippen LogP contribution is -2.37. The van der Waals surface area contributed by atoms with Gasteiger partial charge in [0.25, 0.3) is 0 Å². The highest BCUT2D eigenvalue weighted by molar-refractivity contribution is 5.05. The molecule has 1 atom stereocenters. The van der Waals surface area contributed by atoms with Gasteiger partial charge in [0.05, 0.1) is 0 Å². The average Bonchev–Trinajstić information content (AvgIpc) is 2.21. The minimum absolute atomic E-state index is 0.267. The molecule has 1 saturated heterocycles. The van der Waals surface area contributed by atoms with Crippen LogP contribution in [0.2, 0.25) is 0 Å². The van der Waals surface area contributed by atoms with Gasteiger partial charge in [0.15, 0.2) is 0 Å². The zero-order chi connectivity index (χ0) is 8.93. The summed E-state index contributed by atoms with van der Waals surface area (Å²) in [6.45, 7) is 2.02. The summed E-state index contributed by atoms with van der Waals surface area (Å²) in [5.74, 6) is 0.670. The summed E-state index contributed by atoms with van der Waals surface area (Å²) in [5, 5.41) is 3.29. The third-order valence-electron chi connectivity index (χ3n) is 2.09. The van der Waals surface area contributed by atoms with Crippen molar-refractivity contribution in [3.8, 4) is 5.88 Å². The molecule has 1 N–H and O–H groups in total. The number of rotatable bonds is 2. The third-order valence-corrected chi connectivity index (χ3v) is 2.09. The van der Waals surface area contributed by atoms with E-state index in [0.717, 1.165) is 19.5 Å². The van der Waals surface area contributed by atoms with E-state index in [0.29, 0.717) is 5.88 Å². The maximum atomic E-state index is 5.64. The minimum atomic E-state index is 0.267. The molecule has 1 aromatic heterocycles. The highest BCUT2D eigenvalue weighted by Crippen LogP contribution is 2.10. The second-order valence-corrected chi connectivity index (χ2v) is 3.13. The van der Waals surface area contributed by atoms with Gasteiger partial charge in [-0.05, 0) is 19.4 Å². The van der Waals surface area contributed by atoms with E-state index in [4.69, 9.17) is 4.74 Å². The lowest BCUT2D eigenvalue weighted by Gasteiger charge is -2.22. The number of hydrogen-bond acceptors (Lipinski definition) is 4. The first kappa shape index (κ1) is 8.44. The maximum absolute atomic E-state index is 5.64. The fraction of sp³-hybridized carbons (Fsp3) is 0.556. The second-order valence-electron chi connectivity index (χ2n) is 3.13. The monoisotopic (exact) mass is 179 g/mol. The van der Waals surface area contributed by atoms with Crippen LogP contribution < -0.4 is 10.1 Å². The third kappa shape index (κ3) is 2.39. The van der Waals surface area contributed by atoms with Crippen molar-refractivity contribution in [1.82, 2.24) is 15.3 Å². The summed E-state index contributed by atoms with van der Waals surface area (Å²) in [4.78, 5) is 7.84. The van der Waals surface area contributed by atoms with Crippen LogP contribution in [-0.4, -0.2) is 29.2 Å². The van der Waals surface area contributed by atoms with Gasteiger partial charge in [-0.3, -0.25) is 0 Å². The molecular weight excluding hydrogens is 166 g/mol. The number of nitrogens with zero attached hydrogens (tertiary/aromatic N) is 2. The van der Waals surface area contributed by atoms with Crippen LogP contribution in [0.15, 0.2) is 18.6 Å². The molecule has 0 bridgehead atoms. The van der Waals surface area contributed by atoms with Crippen LogP contribution >= 0.6 is 0 Å². The van der Waals surface area contributed by atoms with Crippen LogP contribution in [0.1, 0.15) is 12.8 Å². The van der Waals surface area contributed by atoms with Gasteiger partial charge in [0, 0.05) is 18.8 Å². The molecule has 2 rings (SSSR count). The normalized spacial score (nSPS) is 22.6. The van der Waals surface area contributed by atoms with E-state index >= 15 is 0 Å². The summed E-state index contributed by atoms with van der Waals surface area (Å²) in [7, 11) is 0. The molecule has 70 valence electrons. The van der Waals surface area contributed by atoms with E-state index in [1.54, 1.807) is 12.3 Å². The van der Waals surface area contributed by atoms with Crippen LogP contribution in [-0.2, 0) is 0 Å². The SMILES string of the molecule is c1cc(O[C@@H]2CCCNC2)ncn1. The van der Waals surface area contributed by atoms with Crippen molar-refractivity contribution in [2.45, 2.75) is 18.9 Å². The molecular formula is C9H13N3O. The molecule has 0 radical (unpaired) electrons. The zero-order valence-electron chi connectivity index (χ0n) is 7.44. The lowest BCUT2D eigenvalue weighted by atomic mass is 10.1. The van der Waals surface area contributed by atoms with Crippen LogP contribution in [0.5, 0.6) is 5.88 Å². The first-order chi connectivity index (χ1) is 6.45. The smallest absolute Gasteiger partial charge is 0.216 e. The van der Waals surface area contributed by atoms with Crippen molar-refractivity contribution < 1.29 is 4.74 Å². The molecule has 0 aromatic carbocycles. The Morgan fingerprint density at radius 1 is 1.54 bits per heavy atom. The molecule has 1 aliphatic heterocycles. The van der Waals surface area contributed by atoms with E-state index in [2.05, 4.69) is 15.3 Å². The van der Waals surface area contributed by atoms with Gasteiger partial charge in [0.2, 0.25) is 5.88 Å². The van der Waals surface area contributed by atoms with E-state index < -0.39 is 0 Å². The number of aromatic nitrogens is 2. The van der Waals surface area contributed by atoms with Gasteiger partial charge in [0.1, 0.15) is 12.4 Å². The zero-order valence-corrected chi connectivity index (χ0v) is 7.44. The van der Waals surface area contributed by atoms with Crippen molar-refractivity contribution in [2.75, 3.05) is 13.1 Å². The summed E-state index contributed by atoms with van der Waals surface area (Å²) in [5.41, 5.74) is 0. The molecule has 1 aromatic rings. The van der Waals surface area contributed by atoms with E-state index in [1.807, 2.05) is 0 Å². The molecule has 0 saturated carbocycles. The predicted octanol–water partition coefficient (Wildman–Crippen LogP) is 0.607. The molecule has 0 unspecified atom stereocenters. The summed E-state index contributed by atoms with van der Waals surface area (Å²) < 4.78 is 5.64. The molecule has 1 aliphatic rings. The van der Waals surface area contributed by atoms with E-state index in [1.165, 1.54) is 12.7 Å². The van der Waals surface area contributed by atoms with Gasteiger partial charge in [-0.25, -0.2) is 9.97 Å². The largest absolute Gasteiger partial charge is 0.473 e. The van der Waals surface area contributed by atoms with Gasteiger partial charge >= 0.3 is 0 Å². The highest BCUT2D eigenvalue weighted by atomic mass is 16.5. The highest BCUT2D eigenvalue weighted by Gasteiger charge is 2.14. The van der Waals surface area contributed by atoms with Crippen molar-refractivity contribution in [3.63, 3.8) is 0 Å². The van der Waals surface area contributed by atoms with Crippen LogP contribution in [0.3, 0.4) is 0 Å². The van der Waals surface area contributed by atoms with Gasteiger partial charge in [-0.1, -0.05) is 0 Å². The van der Waals surface area contributed by atoms with Crippen molar-refractivity contribution in [1.29, 1.82) is 0 Å². The van der Waals surface area contributed by atoms with Crippen molar-refractivity contribution in [3.05, 3.63) is 18.6 Å². The Hall–Kier alpha value is -1.16. The molecule has 2 heterocycles. The predicted molar refractivity (Wildman–Crippen MR) is 48.6 cm³/mol. The topological polar surface area (TPSA) is 47.0 Å². The standard InChI is InChI=1S/C9H13N3O/c1-2-8(6-10-4-1)13-9-3-5-11-7-12-9/h3,5,7-8,10H,1-2,4,6H2/t8-/m1/s1. The molecule has 13 heavy (non-hydrogen) atoms. The first-order valence-corrected chi connectivity index (χ1v) is 4.58. The minimum Gasteiger partial charge on any atom is -0.473 e. The fourth-order valence-corrected chi connectivity index (χ4v) is 1.44. The quantitative estimate of drug-likeness (QED) is 0.722. The van der Waals surface area contributed by atoms with Crippen LogP contribution in [0.4, 0.5) is 0 Å². The molecule has 0 amide bonds. The number of hydrogen-bond donors (Lipinski definition) is 1. The number of ether oxygens (including phenoxy) is 1. The fourth-order valence-electron chi connectivity index (χ4n) is 1.44. The second kappa shape index (κ2) is 4.18. The average molecular weight is 179 g/mol. The Bertz CT molecular complexity index is 246. The first-order valence-electron chi connectivity index (χ1n) is 4.58. The molecule has 0 spiro atoms. The molecule has 4 heteroatoms. The molecule has 1 fully saturated rings. The maximum Gasteiger partial charge on any atom is 0.216 e. The van der Waals surface area contributed by atoms with E-state index in [9.17, 15) is 0 Å². The van der Waals surface area contributed by atoms with E-state index in [-0.39, 0.29) is 6.10 Å². The Morgan fingerprint density at radius 2 is 2.54 bits per heavy atom. The van der Waals surface area contributed by atoms with Crippen LogP contribution in [0.25, 0.3) is 0 Å². The summed E-state index contributed by atoms with van der Waals surface area (Å²) in [6, 6.07) is 1.79. The molecule has 0 aliphatic carbocycles. The van der Waals surface area contributed by atoms with Gasteiger partial charge in [-0.15, -0.1) is 0 Å². The number of nitrogens with one attached hydrogen (secondary N) is 1. The Kier molecular flexibility index (Phi) is 2.72. The Morgan fingerprint density at radius 3 is 3.23 bits per heavy atom. The van der Waals surface area contributed by atoms with Crippen molar-refractivity contribution in [2.24, 2.45) is 0 Å².